The van der Waals surface area contributed by atoms with Gasteiger partial charge in [0.05, 0.1) is 0 Å². The molecule has 1 unspecified atom stereocenters. The molecule has 0 fully saturated rings. The van der Waals surface area contributed by atoms with Gasteiger partial charge in [-0.25, -0.2) is 4.39 Å². The van der Waals surface area contributed by atoms with Crippen LogP contribution in [0.2, 0.25) is 5.02 Å². The summed E-state index contributed by atoms with van der Waals surface area (Å²) in [6, 6.07) is 4.57. The van der Waals surface area contributed by atoms with Crippen molar-refractivity contribution in [1.29, 1.82) is 0 Å². The molecule has 0 heterocycles. The average Bonchev–Trinajstić information content (AvgIpc) is 2.18. The van der Waals surface area contributed by atoms with Gasteiger partial charge >= 0.3 is 0 Å². The molecule has 1 aromatic carbocycles. The molecule has 0 saturated carbocycles. The first kappa shape index (κ1) is 14.5. The quantitative estimate of drug-likeness (QED) is 0.861. The molecule has 1 aromatic rings. The van der Waals surface area contributed by atoms with Crippen LogP contribution in [0.3, 0.4) is 0 Å². The van der Waals surface area contributed by atoms with Crippen molar-refractivity contribution in [1.82, 2.24) is 0 Å². The first-order valence-corrected chi connectivity index (χ1v) is 6.35. The Bertz CT molecular complexity index is 371. The molecule has 0 amide bonds. The maximum Gasteiger partial charge on any atom is 0.124 e. The smallest absolute Gasteiger partial charge is 0.124 e. The third kappa shape index (κ3) is 5.51. The van der Waals surface area contributed by atoms with Gasteiger partial charge in [0, 0.05) is 11.1 Å². The van der Waals surface area contributed by atoms with Crippen LogP contribution < -0.4 is 5.73 Å². The second-order valence-electron chi connectivity index (χ2n) is 5.80. The van der Waals surface area contributed by atoms with Crippen LogP contribution in [0.4, 0.5) is 4.39 Å². The van der Waals surface area contributed by atoms with E-state index in [1.165, 1.54) is 12.1 Å². The molecule has 0 radical (unpaired) electrons. The summed E-state index contributed by atoms with van der Waals surface area (Å²) in [5.41, 5.74) is 7.29. The summed E-state index contributed by atoms with van der Waals surface area (Å²) in [7, 11) is 0. The summed E-state index contributed by atoms with van der Waals surface area (Å²) in [6.45, 7) is 6.60. The lowest BCUT2D eigenvalue weighted by molar-refractivity contribution is 0.347. The zero-order chi connectivity index (χ0) is 13.1. The molecule has 0 saturated heterocycles. The van der Waals surface area contributed by atoms with Crippen LogP contribution in [0.25, 0.3) is 0 Å². The van der Waals surface area contributed by atoms with Crippen molar-refractivity contribution in [2.45, 2.75) is 46.1 Å². The number of halogens is 2. The second-order valence-corrected chi connectivity index (χ2v) is 6.21. The lowest BCUT2D eigenvalue weighted by Gasteiger charge is -2.21. The number of rotatable bonds is 4. The Hall–Kier alpha value is -0.600. The molecule has 3 heteroatoms. The Morgan fingerprint density at radius 2 is 2.00 bits per heavy atom. The summed E-state index contributed by atoms with van der Waals surface area (Å²) in [5, 5.41) is 0.469. The lowest BCUT2D eigenvalue weighted by atomic mass is 9.87. The minimum atomic E-state index is -0.304. The molecular formula is C14H21ClFN. The SMILES string of the molecule is CC(C)(C)CCC(N)Cc1ccc(F)cc1Cl. The summed E-state index contributed by atoms with van der Waals surface area (Å²) in [4.78, 5) is 0. The molecule has 1 nitrogen and oxygen atoms in total. The zero-order valence-electron chi connectivity index (χ0n) is 10.8. The van der Waals surface area contributed by atoms with E-state index in [0.29, 0.717) is 16.9 Å². The predicted molar refractivity (Wildman–Crippen MR) is 71.8 cm³/mol. The van der Waals surface area contributed by atoms with Gasteiger partial charge in [-0.05, 0) is 42.4 Å². The summed E-state index contributed by atoms with van der Waals surface area (Å²) in [6.07, 6.45) is 2.74. The first-order valence-electron chi connectivity index (χ1n) is 5.97. The molecule has 1 atom stereocenters. The van der Waals surface area contributed by atoms with Crippen molar-refractivity contribution in [2.24, 2.45) is 11.1 Å². The monoisotopic (exact) mass is 257 g/mol. The molecule has 17 heavy (non-hydrogen) atoms. The molecule has 0 spiro atoms. The van der Waals surface area contributed by atoms with Gasteiger partial charge in [0.2, 0.25) is 0 Å². The Balaban J connectivity index is 2.53. The van der Waals surface area contributed by atoms with Crippen molar-refractivity contribution < 1.29 is 4.39 Å². The fourth-order valence-electron chi connectivity index (χ4n) is 1.69. The molecular weight excluding hydrogens is 237 g/mol. The Morgan fingerprint density at radius 3 is 2.53 bits per heavy atom. The highest BCUT2D eigenvalue weighted by atomic mass is 35.5. The van der Waals surface area contributed by atoms with E-state index < -0.39 is 0 Å². The van der Waals surface area contributed by atoms with Crippen LogP contribution in [0.5, 0.6) is 0 Å². The molecule has 0 aliphatic rings. The van der Waals surface area contributed by atoms with E-state index in [4.69, 9.17) is 17.3 Å². The third-order valence-electron chi connectivity index (χ3n) is 2.76. The highest BCUT2D eigenvalue weighted by Gasteiger charge is 2.14. The van der Waals surface area contributed by atoms with Crippen LogP contribution >= 0.6 is 11.6 Å². The summed E-state index contributed by atoms with van der Waals surface area (Å²) >= 11 is 5.97. The number of benzene rings is 1. The Labute approximate surface area is 108 Å². The van der Waals surface area contributed by atoms with Gasteiger partial charge < -0.3 is 5.73 Å². The van der Waals surface area contributed by atoms with E-state index in [1.807, 2.05) is 0 Å². The van der Waals surface area contributed by atoms with E-state index in [2.05, 4.69) is 20.8 Å². The minimum Gasteiger partial charge on any atom is -0.327 e. The van der Waals surface area contributed by atoms with Gasteiger partial charge in [-0.3, -0.25) is 0 Å². The zero-order valence-corrected chi connectivity index (χ0v) is 11.5. The highest BCUT2D eigenvalue weighted by Crippen LogP contribution is 2.23. The summed E-state index contributed by atoms with van der Waals surface area (Å²) < 4.78 is 12.9. The van der Waals surface area contributed by atoms with Crippen molar-refractivity contribution in [2.75, 3.05) is 0 Å². The van der Waals surface area contributed by atoms with Crippen LogP contribution in [-0.2, 0) is 6.42 Å². The van der Waals surface area contributed by atoms with E-state index >= 15 is 0 Å². The normalized spacial score (nSPS) is 13.8. The third-order valence-corrected chi connectivity index (χ3v) is 3.11. The van der Waals surface area contributed by atoms with E-state index in [-0.39, 0.29) is 11.9 Å². The molecule has 0 aliphatic carbocycles. The van der Waals surface area contributed by atoms with Gasteiger partial charge in [-0.1, -0.05) is 38.4 Å². The van der Waals surface area contributed by atoms with Crippen LogP contribution in [-0.4, -0.2) is 6.04 Å². The standard InChI is InChI=1S/C14H21ClFN/c1-14(2,3)7-6-12(17)8-10-4-5-11(16)9-13(10)15/h4-5,9,12H,6-8,17H2,1-3H3. The van der Waals surface area contributed by atoms with E-state index in [9.17, 15) is 4.39 Å². The van der Waals surface area contributed by atoms with Gasteiger partial charge in [-0.15, -0.1) is 0 Å². The van der Waals surface area contributed by atoms with E-state index in [0.717, 1.165) is 18.4 Å². The van der Waals surface area contributed by atoms with Crippen molar-refractivity contribution in [3.05, 3.63) is 34.6 Å². The lowest BCUT2D eigenvalue weighted by Crippen LogP contribution is -2.25. The highest BCUT2D eigenvalue weighted by molar-refractivity contribution is 6.31. The summed E-state index contributed by atoms with van der Waals surface area (Å²) in [5.74, 6) is -0.304. The topological polar surface area (TPSA) is 26.0 Å². The Kier molecular flexibility index (Phi) is 4.96. The number of nitrogens with two attached hydrogens (primary N) is 1. The minimum absolute atomic E-state index is 0.0807. The molecule has 0 bridgehead atoms. The maximum absolute atomic E-state index is 12.9. The van der Waals surface area contributed by atoms with E-state index in [1.54, 1.807) is 6.07 Å². The van der Waals surface area contributed by atoms with Crippen molar-refractivity contribution >= 4 is 11.6 Å². The second kappa shape index (κ2) is 5.83. The first-order chi connectivity index (χ1) is 7.78. The molecule has 0 aromatic heterocycles. The molecule has 1 rings (SSSR count). The fourth-order valence-corrected chi connectivity index (χ4v) is 1.93. The van der Waals surface area contributed by atoms with Gasteiger partial charge in [0.15, 0.2) is 0 Å². The van der Waals surface area contributed by atoms with Gasteiger partial charge in [-0.2, -0.15) is 0 Å². The largest absolute Gasteiger partial charge is 0.327 e. The average molecular weight is 258 g/mol. The molecule has 96 valence electrons. The van der Waals surface area contributed by atoms with Crippen molar-refractivity contribution in [3.8, 4) is 0 Å². The maximum atomic E-state index is 12.9. The van der Waals surface area contributed by atoms with Gasteiger partial charge in [0.1, 0.15) is 5.82 Å². The van der Waals surface area contributed by atoms with Gasteiger partial charge in [0.25, 0.3) is 0 Å². The Morgan fingerprint density at radius 1 is 1.35 bits per heavy atom. The fraction of sp³-hybridized carbons (Fsp3) is 0.571. The molecule has 2 N–H and O–H groups in total. The van der Waals surface area contributed by atoms with Crippen LogP contribution in [0, 0.1) is 11.2 Å². The van der Waals surface area contributed by atoms with Crippen LogP contribution in [0.15, 0.2) is 18.2 Å². The molecule has 0 aliphatic heterocycles. The van der Waals surface area contributed by atoms with Crippen molar-refractivity contribution in [3.63, 3.8) is 0 Å². The van der Waals surface area contributed by atoms with Crippen LogP contribution in [0.1, 0.15) is 39.2 Å². The predicted octanol–water partition coefficient (Wildman–Crippen LogP) is 4.18. The number of hydrogen-bond acceptors (Lipinski definition) is 1. The number of hydrogen-bond donors (Lipinski definition) is 1.